The zero-order valence-electron chi connectivity index (χ0n) is 12.6. The number of methoxy groups -OCH3 is 1. The number of rotatable bonds is 6. The highest BCUT2D eigenvalue weighted by molar-refractivity contribution is 5.94. The van der Waals surface area contributed by atoms with Crippen LogP contribution < -0.4 is 4.74 Å². The van der Waals surface area contributed by atoms with E-state index in [1.165, 1.54) is 0 Å². The predicted octanol–water partition coefficient (Wildman–Crippen LogP) is 4.18. The Morgan fingerprint density at radius 2 is 1.86 bits per heavy atom. The molecule has 2 aromatic carbocycles. The number of benzene rings is 2. The molecular formula is C18H20O3. The van der Waals surface area contributed by atoms with E-state index in [1.54, 1.807) is 20.1 Å². The third-order valence-corrected chi connectivity index (χ3v) is 3.44. The summed E-state index contributed by atoms with van der Waals surface area (Å²) >= 11 is 0. The van der Waals surface area contributed by atoms with Gasteiger partial charge in [0.2, 0.25) is 0 Å². The molecular weight excluding hydrogens is 264 g/mol. The molecule has 0 spiro atoms. The van der Waals surface area contributed by atoms with Crippen molar-refractivity contribution in [3.63, 3.8) is 0 Å². The summed E-state index contributed by atoms with van der Waals surface area (Å²) in [6.07, 6.45) is -0.0168. The minimum absolute atomic E-state index is 0.0168. The maximum atomic E-state index is 11.5. The van der Waals surface area contributed by atoms with Crippen molar-refractivity contribution in [3.05, 3.63) is 65.2 Å². The lowest BCUT2D eigenvalue weighted by Gasteiger charge is -2.15. The van der Waals surface area contributed by atoms with Gasteiger partial charge in [0.25, 0.3) is 0 Å². The molecule has 1 atom stereocenters. The summed E-state index contributed by atoms with van der Waals surface area (Å²) in [5.41, 5.74) is 2.67. The van der Waals surface area contributed by atoms with Gasteiger partial charge in [-0.3, -0.25) is 4.79 Å². The Morgan fingerprint density at radius 3 is 2.48 bits per heavy atom. The van der Waals surface area contributed by atoms with E-state index in [9.17, 15) is 4.79 Å². The minimum atomic E-state index is -0.0168. The number of ketones is 1. The molecule has 0 N–H and O–H groups in total. The number of hydrogen-bond acceptors (Lipinski definition) is 3. The largest absolute Gasteiger partial charge is 0.496 e. The van der Waals surface area contributed by atoms with Crippen molar-refractivity contribution < 1.29 is 14.3 Å². The van der Waals surface area contributed by atoms with Crippen LogP contribution in [0.5, 0.6) is 5.75 Å². The second kappa shape index (κ2) is 7.04. The Labute approximate surface area is 125 Å². The molecule has 3 nitrogen and oxygen atoms in total. The van der Waals surface area contributed by atoms with Crippen LogP contribution in [0.2, 0.25) is 0 Å². The van der Waals surface area contributed by atoms with Crippen molar-refractivity contribution in [1.29, 1.82) is 0 Å². The fraction of sp³-hybridized carbons (Fsp3) is 0.278. The SMILES string of the molecule is COc1ccc(C(C)=O)cc1COC(C)c1ccccc1. The molecule has 0 fully saturated rings. The van der Waals surface area contributed by atoms with E-state index in [-0.39, 0.29) is 11.9 Å². The molecule has 21 heavy (non-hydrogen) atoms. The summed E-state index contributed by atoms with van der Waals surface area (Å²) in [6, 6.07) is 15.4. The van der Waals surface area contributed by atoms with Gasteiger partial charge in [-0.15, -0.1) is 0 Å². The van der Waals surface area contributed by atoms with Crippen LogP contribution in [-0.2, 0) is 11.3 Å². The molecule has 1 unspecified atom stereocenters. The highest BCUT2D eigenvalue weighted by Gasteiger charge is 2.10. The molecule has 2 rings (SSSR count). The molecule has 0 aliphatic rings. The van der Waals surface area contributed by atoms with Gasteiger partial charge in [-0.2, -0.15) is 0 Å². The van der Waals surface area contributed by atoms with Gasteiger partial charge in [0.15, 0.2) is 5.78 Å². The van der Waals surface area contributed by atoms with E-state index in [1.807, 2.05) is 49.4 Å². The summed E-state index contributed by atoms with van der Waals surface area (Å²) in [7, 11) is 1.62. The number of hydrogen-bond donors (Lipinski definition) is 0. The van der Waals surface area contributed by atoms with Crippen LogP contribution in [0.1, 0.15) is 41.4 Å². The standard InChI is InChI=1S/C18H20O3/c1-13(19)16-9-10-18(20-3)17(11-16)12-21-14(2)15-7-5-4-6-8-15/h4-11,14H,12H2,1-3H3. The topological polar surface area (TPSA) is 35.5 Å². The van der Waals surface area contributed by atoms with Crippen LogP contribution in [-0.4, -0.2) is 12.9 Å². The first kappa shape index (κ1) is 15.3. The Bertz CT molecular complexity index is 605. The molecule has 0 aliphatic heterocycles. The van der Waals surface area contributed by atoms with E-state index >= 15 is 0 Å². The highest BCUT2D eigenvalue weighted by atomic mass is 16.5. The number of carbonyl (C=O) groups excluding carboxylic acids is 1. The maximum absolute atomic E-state index is 11.5. The van der Waals surface area contributed by atoms with Crippen LogP contribution in [0.4, 0.5) is 0 Å². The van der Waals surface area contributed by atoms with E-state index in [0.29, 0.717) is 12.2 Å². The molecule has 110 valence electrons. The lowest BCUT2D eigenvalue weighted by atomic mass is 10.1. The van der Waals surface area contributed by atoms with Gasteiger partial charge in [0.05, 0.1) is 19.8 Å². The monoisotopic (exact) mass is 284 g/mol. The minimum Gasteiger partial charge on any atom is -0.496 e. The highest BCUT2D eigenvalue weighted by Crippen LogP contribution is 2.24. The van der Waals surface area contributed by atoms with E-state index in [0.717, 1.165) is 16.9 Å². The van der Waals surface area contributed by atoms with Crippen molar-refractivity contribution in [3.8, 4) is 5.75 Å². The molecule has 0 heterocycles. The Balaban J connectivity index is 2.11. The molecule has 0 aliphatic carbocycles. The molecule has 0 saturated heterocycles. The predicted molar refractivity (Wildman–Crippen MR) is 82.6 cm³/mol. The molecule has 0 bridgehead atoms. The molecule has 0 saturated carbocycles. The number of ether oxygens (including phenoxy) is 2. The van der Waals surface area contributed by atoms with Crippen LogP contribution in [0.3, 0.4) is 0 Å². The van der Waals surface area contributed by atoms with Gasteiger partial charge in [-0.25, -0.2) is 0 Å². The lowest BCUT2D eigenvalue weighted by Crippen LogP contribution is -2.03. The molecule has 0 aromatic heterocycles. The van der Waals surface area contributed by atoms with E-state index in [2.05, 4.69) is 0 Å². The van der Waals surface area contributed by atoms with Crippen LogP contribution >= 0.6 is 0 Å². The zero-order chi connectivity index (χ0) is 15.2. The number of Topliss-reactive ketones (excluding diaryl/α,β-unsaturated/α-hetero) is 1. The lowest BCUT2D eigenvalue weighted by molar-refractivity contribution is 0.0513. The third-order valence-electron chi connectivity index (χ3n) is 3.44. The average molecular weight is 284 g/mol. The normalized spacial score (nSPS) is 12.0. The fourth-order valence-corrected chi connectivity index (χ4v) is 2.15. The van der Waals surface area contributed by atoms with Crippen molar-refractivity contribution in [2.75, 3.05) is 7.11 Å². The Kier molecular flexibility index (Phi) is 5.12. The Morgan fingerprint density at radius 1 is 1.14 bits per heavy atom. The van der Waals surface area contributed by atoms with Gasteiger partial charge in [0, 0.05) is 11.1 Å². The molecule has 0 amide bonds. The first-order valence-electron chi connectivity index (χ1n) is 6.96. The third kappa shape index (κ3) is 3.92. The smallest absolute Gasteiger partial charge is 0.159 e. The van der Waals surface area contributed by atoms with Crippen molar-refractivity contribution in [1.82, 2.24) is 0 Å². The van der Waals surface area contributed by atoms with Gasteiger partial charge >= 0.3 is 0 Å². The summed E-state index contributed by atoms with van der Waals surface area (Å²) in [5.74, 6) is 0.773. The molecule has 2 aromatic rings. The number of carbonyl (C=O) groups is 1. The Hall–Kier alpha value is -2.13. The summed E-state index contributed by atoms with van der Waals surface area (Å²) < 4.78 is 11.2. The van der Waals surface area contributed by atoms with Crippen LogP contribution in [0.25, 0.3) is 0 Å². The van der Waals surface area contributed by atoms with E-state index < -0.39 is 0 Å². The van der Waals surface area contributed by atoms with Crippen molar-refractivity contribution >= 4 is 5.78 Å². The van der Waals surface area contributed by atoms with Crippen LogP contribution in [0.15, 0.2) is 48.5 Å². The van der Waals surface area contributed by atoms with Gasteiger partial charge < -0.3 is 9.47 Å². The maximum Gasteiger partial charge on any atom is 0.159 e. The molecule has 3 heteroatoms. The van der Waals surface area contributed by atoms with Crippen molar-refractivity contribution in [2.45, 2.75) is 26.6 Å². The van der Waals surface area contributed by atoms with Gasteiger partial charge in [-0.05, 0) is 37.6 Å². The first-order valence-corrected chi connectivity index (χ1v) is 6.96. The van der Waals surface area contributed by atoms with Gasteiger partial charge in [0.1, 0.15) is 5.75 Å². The van der Waals surface area contributed by atoms with Crippen molar-refractivity contribution in [2.24, 2.45) is 0 Å². The van der Waals surface area contributed by atoms with Crippen LogP contribution in [0, 0.1) is 0 Å². The van der Waals surface area contributed by atoms with Gasteiger partial charge in [-0.1, -0.05) is 30.3 Å². The summed E-state index contributed by atoms with van der Waals surface area (Å²) in [5, 5.41) is 0. The first-order chi connectivity index (χ1) is 10.1. The quantitative estimate of drug-likeness (QED) is 0.747. The summed E-state index contributed by atoms with van der Waals surface area (Å²) in [6.45, 7) is 3.97. The summed E-state index contributed by atoms with van der Waals surface area (Å²) in [4.78, 5) is 11.5. The van der Waals surface area contributed by atoms with E-state index in [4.69, 9.17) is 9.47 Å². The zero-order valence-corrected chi connectivity index (χ0v) is 12.6. The second-order valence-corrected chi connectivity index (χ2v) is 4.95. The fourth-order valence-electron chi connectivity index (χ4n) is 2.15. The second-order valence-electron chi connectivity index (χ2n) is 4.95. The molecule has 0 radical (unpaired) electrons. The average Bonchev–Trinajstić information content (AvgIpc) is 2.53.